The minimum Gasteiger partial charge on any atom is -0.494 e. The van der Waals surface area contributed by atoms with E-state index in [9.17, 15) is 4.79 Å². The molecule has 1 amide bonds. The fourth-order valence-corrected chi connectivity index (χ4v) is 4.16. The Balaban J connectivity index is 1.32. The van der Waals surface area contributed by atoms with Gasteiger partial charge in [0.2, 0.25) is 5.91 Å². The second kappa shape index (κ2) is 10.4. The molecule has 1 heterocycles. The summed E-state index contributed by atoms with van der Waals surface area (Å²) in [6.45, 7) is 4.89. The number of benzene rings is 3. The number of rotatable bonds is 9. The zero-order chi connectivity index (χ0) is 23.2. The molecule has 4 rings (SSSR count). The minimum atomic E-state index is -0.114. The molecule has 8 heteroatoms. The molecule has 0 saturated carbocycles. The maximum Gasteiger partial charge on any atom is 0.234 e. The topological polar surface area (TPSA) is 78.3 Å². The molecule has 0 aliphatic heterocycles. The molecular formula is C25H26N4O3S. The average Bonchev–Trinajstić information content (AvgIpc) is 3.18. The number of aromatic nitrogens is 3. The van der Waals surface area contributed by atoms with Crippen LogP contribution < -0.4 is 14.8 Å². The summed E-state index contributed by atoms with van der Waals surface area (Å²) < 4.78 is 13.3. The number of hydrogen-bond donors (Lipinski definition) is 1. The second-order valence-electron chi connectivity index (χ2n) is 7.45. The molecule has 0 saturated heterocycles. The average molecular weight is 463 g/mol. The first-order valence-electron chi connectivity index (χ1n) is 10.7. The number of hydrogen-bond acceptors (Lipinski definition) is 6. The van der Waals surface area contributed by atoms with Crippen LogP contribution in [0.25, 0.3) is 10.8 Å². The van der Waals surface area contributed by atoms with Crippen molar-refractivity contribution in [3.05, 3.63) is 72.1 Å². The van der Waals surface area contributed by atoms with Gasteiger partial charge in [-0.1, -0.05) is 42.1 Å². The zero-order valence-electron chi connectivity index (χ0n) is 18.9. The molecule has 4 aromatic rings. The first-order valence-corrected chi connectivity index (χ1v) is 11.7. The van der Waals surface area contributed by atoms with Crippen LogP contribution in [0.5, 0.6) is 11.5 Å². The standard InChI is InChI=1S/C25H26N4O3S/c1-4-31-20-12-10-19(11-13-20)26-24(30)16-33-25-28-27-23(29(25)3)15-32-22-14-9-18-7-5-6-8-21(18)17(22)2/h5-14H,4,15-16H2,1-3H3,(H,26,30). The third-order valence-electron chi connectivity index (χ3n) is 5.21. The van der Waals surface area contributed by atoms with Gasteiger partial charge >= 0.3 is 0 Å². The van der Waals surface area contributed by atoms with Gasteiger partial charge in [0, 0.05) is 12.7 Å². The highest BCUT2D eigenvalue weighted by molar-refractivity contribution is 7.99. The van der Waals surface area contributed by atoms with Crippen LogP contribution in [0.15, 0.2) is 65.8 Å². The van der Waals surface area contributed by atoms with Gasteiger partial charge in [-0.05, 0) is 60.5 Å². The lowest BCUT2D eigenvalue weighted by Gasteiger charge is -2.11. The van der Waals surface area contributed by atoms with E-state index < -0.39 is 0 Å². The maximum absolute atomic E-state index is 12.3. The number of nitrogens with one attached hydrogen (secondary N) is 1. The number of amides is 1. The Hall–Kier alpha value is -3.52. The van der Waals surface area contributed by atoms with E-state index in [1.54, 1.807) is 0 Å². The van der Waals surface area contributed by atoms with Gasteiger partial charge in [-0.3, -0.25) is 4.79 Å². The Kier molecular flexibility index (Phi) is 7.14. The molecule has 7 nitrogen and oxygen atoms in total. The van der Waals surface area contributed by atoms with Gasteiger partial charge in [-0.2, -0.15) is 0 Å². The quantitative estimate of drug-likeness (QED) is 0.353. The van der Waals surface area contributed by atoms with Crippen LogP contribution in [0, 0.1) is 6.92 Å². The molecule has 1 N–H and O–H groups in total. The SMILES string of the molecule is CCOc1ccc(NC(=O)CSc2nnc(COc3ccc4ccccc4c3C)n2C)cc1. The first kappa shape index (κ1) is 22.7. The molecule has 0 atom stereocenters. The summed E-state index contributed by atoms with van der Waals surface area (Å²) in [7, 11) is 1.87. The van der Waals surface area contributed by atoms with Crippen molar-refractivity contribution in [2.45, 2.75) is 25.6 Å². The molecule has 0 unspecified atom stereocenters. The third-order valence-corrected chi connectivity index (χ3v) is 6.23. The summed E-state index contributed by atoms with van der Waals surface area (Å²) in [6.07, 6.45) is 0. The van der Waals surface area contributed by atoms with Crippen LogP contribution in [0.3, 0.4) is 0 Å². The van der Waals surface area contributed by atoms with Gasteiger partial charge in [0.05, 0.1) is 12.4 Å². The van der Waals surface area contributed by atoms with Gasteiger partial charge in [0.25, 0.3) is 0 Å². The van der Waals surface area contributed by atoms with Gasteiger partial charge in [-0.25, -0.2) is 0 Å². The van der Waals surface area contributed by atoms with Crippen LogP contribution in [-0.2, 0) is 18.4 Å². The molecule has 0 radical (unpaired) electrons. The summed E-state index contributed by atoms with van der Waals surface area (Å²) >= 11 is 1.33. The highest BCUT2D eigenvalue weighted by Crippen LogP contribution is 2.28. The Bertz CT molecular complexity index is 1250. The summed E-state index contributed by atoms with van der Waals surface area (Å²) in [5.41, 5.74) is 1.82. The van der Waals surface area contributed by atoms with E-state index in [4.69, 9.17) is 9.47 Å². The molecule has 33 heavy (non-hydrogen) atoms. The van der Waals surface area contributed by atoms with Gasteiger partial charge in [-0.15, -0.1) is 10.2 Å². The molecular weight excluding hydrogens is 436 g/mol. The van der Waals surface area contributed by atoms with Gasteiger partial charge < -0.3 is 19.4 Å². The highest BCUT2D eigenvalue weighted by atomic mass is 32.2. The molecule has 0 aliphatic carbocycles. The number of thioether (sulfide) groups is 1. The molecule has 0 aliphatic rings. The molecule has 0 fully saturated rings. The number of nitrogens with zero attached hydrogens (tertiary/aromatic N) is 3. The summed E-state index contributed by atoms with van der Waals surface area (Å²) in [6, 6.07) is 19.6. The first-order chi connectivity index (χ1) is 16.0. The number of ether oxygens (including phenoxy) is 2. The normalized spacial score (nSPS) is 10.9. The van der Waals surface area contributed by atoms with Crippen LogP contribution in [-0.4, -0.2) is 33.0 Å². The number of carbonyl (C=O) groups excluding carboxylic acids is 1. The van der Waals surface area contributed by atoms with E-state index >= 15 is 0 Å². The Labute approximate surface area is 197 Å². The molecule has 0 spiro atoms. The molecule has 170 valence electrons. The van der Waals surface area contributed by atoms with Crippen molar-refractivity contribution in [2.75, 3.05) is 17.7 Å². The Morgan fingerprint density at radius 2 is 1.82 bits per heavy atom. The fourth-order valence-electron chi connectivity index (χ4n) is 3.43. The van der Waals surface area contributed by atoms with Gasteiger partial charge in [0.15, 0.2) is 11.0 Å². The lowest BCUT2D eigenvalue weighted by molar-refractivity contribution is -0.113. The van der Waals surface area contributed by atoms with E-state index in [1.165, 1.54) is 22.5 Å². The number of fused-ring (bicyclic) bond motifs is 1. The fraction of sp³-hybridized carbons (Fsp3) is 0.240. The number of carbonyl (C=O) groups is 1. The van der Waals surface area contributed by atoms with E-state index in [2.05, 4.69) is 40.6 Å². The lowest BCUT2D eigenvalue weighted by Crippen LogP contribution is -2.14. The minimum absolute atomic E-state index is 0.114. The van der Waals surface area contributed by atoms with Crippen molar-refractivity contribution in [1.29, 1.82) is 0 Å². The maximum atomic E-state index is 12.3. The van der Waals surface area contributed by atoms with Crippen LogP contribution in [0.2, 0.25) is 0 Å². The summed E-state index contributed by atoms with van der Waals surface area (Å²) in [5.74, 6) is 2.40. The van der Waals surface area contributed by atoms with Crippen LogP contribution in [0.4, 0.5) is 5.69 Å². The largest absolute Gasteiger partial charge is 0.494 e. The second-order valence-corrected chi connectivity index (χ2v) is 8.39. The van der Waals surface area contributed by atoms with Crippen LogP contribution in [0.1, 0.15) is 18.3 Å². The highest BCUT2D eigenvalue weighted by Gasteiger charge is 2.13. The van der Waals surface area contributed by atoms with Gasteiger partial charge in [0.1, 0.15) is 18.1 Å². The van der Waals surface area contributed by atoms with Crippen molar-refractivity contribution in [2.24, 2.45) is 7.05 Å². The van der Waals surface area contributed by atoms with E-state index in [1.807, 2.05) is 61.0 Å². The van der Waals surface area contributed by atoms with E-state index in [0.29, 0.717) is 24.2 Å². The monoisotopic (exact) mass is 462 g/mol. The van der Waals surface area contributed by atoms with Crippen molar-refractivity contribution in [1.82, 2.24) is 14.8 Å². The Morgan fingerprint density at radius 1 is 1.03 bits per heavy atom. The number of aryl methyl sites for hydroxylation is 1. The number of anilines is 1. The summed E-state index contributed by atoms with van der Waals surface area (Å²) in [4.78, 5) is 12.3. The van der Waals surface area contributed by atoms with E-state index in [-0.39, 0.29) is 11.7 Å². The lowest BCUT2D eigenvalue weighted by atomic mass is 10.0. The van der Waals surface area contributed by atoms with E-state index in [0.717, 1.165) is 22.7 Å². The predicted molar refractivity (Wildman–Crippen MR) is 131 cm³/mol. The molecule has 0 bridgehead atoms. The van der Waals surface area contributed by atoms with Crippen molar-refractivity contribution in [3.8, 4) is 11.5 Å². The van der Waals surface area contributed by atoms with Crippen LogP contribution >= 0.6 is 11.8 Å². The zero-order valence-corrected chi connectivity index (χ0v) is 19.7. The van der Waals surface area contributed by atoms with Crippen molar-refractivity contribution in [3.63, 3.8) is 0 Å². The summed E-state index contributed by atoms with van der Waals surface area (Å²) in [5, 5.41) is 14.3. The Morgan fingerprint density at radius 3 is 2.61 bits per heavy atom. The van der Waals surface area contributed by atoms with Crippen molar-refractivity contribution < 1.29 is 14.3 Å². The smallest absolute Gasteiger partial charge is 0.234 e. The van der Waals surface area contributed by atoms with Crippen molar-refractivity contribution >= 4 is 34.1 Å². The predicted octanol–water partition coefficient (Wildman–Crippen LogP) is 4.99. The molecule has 3 aromatic carbocycles. The third kappa shape index (κ3) is 5.46. The molecule has 1 aromatic heterocycles.